The van der Waals surface area contributed by atoms with Crippen LogP contribution in [0.3, 0.4) is 0 Å². The summed E-state index contributed by atoms with van der Waals surface area (Å²) in [5, 5.41) is 14.1. The van der Waals surface area contributed by atoms with E-state index in [1.807, 2.05) is 7.05 Å². The Bertz CT molecular complexity index is 411. The zero-order valence-corrected chi connectivity index (χ0v) is 10.0. The lowest BCUT2D eigenvalue weighted by atomic mass is 10.3. The zero-order chi connectivity index (χ0) is 10.7. The van der Waals surface area contributed by atoms with Crippen LogP contribution in [-0.2, 0) is 13.2 Å². The first-order chi connectivity index (χ1) is 7.29. The third-order valence-corrected chi connectivity index (χ3v) is 3.85. The molecule has 3 nitrogen and oxygen atoms in total. The molecule has 0 saturated heterocycles. The quantitative estimate of drug-likeness (QED) is 0.891. The van der Waals surface area contributed by atoms with Crippen LogP contribution in [0.5, 0.6) is 0 Å². The second-order valence-corrected chi connectivity index (χ2v) is 5.13. The third-order valence-electron chi connectivity index (χ3n) is 2.02. The lowest BCUT2D eigenvalue weighted by molar-refractivity contribution is 0.285. The molecule has 0 amide bonds. The van der Waals surface area contributed by atoms with Gasteiger partial charge in [0.15, 0.2) is 5.13 Å². The van der Waals surface area contributed by atoms with Gasteiger partial charge < -0.3 is 10.0 Å². The highest BCUT2D eigenvalue weighted by Crippen LogP contribution is 2.23. The number of thiophene rings is 1. The van der Waals surface area contributed by atoms with Gasteiger partial charge in [-0.3, -0.25) is 0 Å². The van der Waals surface area contributed by atoms with Crippen LogP contribution in [0.1, 0.15) is 10.4 Å². The number of aliphatic hydroxyl groups is 1. The van der Waals surface area contributed by atoms with E-state index in [0.29, 0.717) is 0 Å². The zero-order valence-electron chi connectivity index (χ0n) is 8.38. The first kappa shape index (κ1) is 10.6. The smallest absolute Gasteiger partial charge is 0.185 e. The van der Waals surface area contributed by atoms with E-state index in [0.717, 1.165) is 16.6 Å². The molecule has 0 saturated carbocycles. The van der Waals surface area contributed by atoms with Crippen molar-refractivity contribution < 1.29 is 5.11 Å². The molecule has 0 aliphatic heterocycles. The molecule has 0 spiro atoms. The van der Waals surface area contributed by atoms with Crippen molar-refractivity contribution >= 4 is 27.8 Å². The van der Waals surface area contributed by atoms with Crippen LogP contribution in [0.4, 0.5) is 5.13 Å². The Kier molecular flexibility index (Phi) is 3.35. The van der Waals surface area contributed by atoms with E-state index in [2.05, 4.69) is 26.7 Å². The summed E-state index contributed by atoms with van der Waals surface area (Å²) in [6.45, 7) is 0.936. The van der Waals surface area contributed by atoms with Gasteiger partial charge in [-0.25, -0.2) is 4.98 Å². The van der Waals surface area contributed by atoms with Crippen LogP contribution in [-0.4, -0.2) is 17.1 Å². The third kappa shape index (κ3) is 2.56. The summed E-state index contributed by atoms with van der Waals surface area (Å²) in [4.78, 5) is 7.25. The van der Waals surface area contributed by atoms with Crippen LogP contribution in [0.2, 0.25) is 0 Å². The minimum atomic E-state index is 0.0734. The molecule has 1 N–H and O–H groups in total. The molecule has 0 radical (unpaired) electrons. The van der Waals surface area contributed by atoms with Gasteiger partial charge in [0.2, 0.25) is 0 Å². The average molecular weight is 240 g/mol. The van der Waals surface area contributed by atoms with E-state index in [4.69, 9.17) is 5.11 Å². The summed E-state index contributed by atoms with van der Waals surface area (Å²) in [7, 11) is 2.01. The van der Waals surface area contributed by atoms with Gasteiger partial charge in [0.05, 0.1) is 11.5 Å². The van der Waals surface area contributed by atoms with E-state index >= 15 is 0 Å². The maximum atomic E-state index is 8.94. The number of hydrogen-bond donors (Lipinski definition) is 1. The molecule has 2 rings (SSSR count). The summed E-state index contributed by atoms with van der Waals surface area (Å²) in [6, 6.07) is 2.11. The number of hydrogen-bond acceptors (Lipinski definition) is 5. The largest absolute Gasteiger partial charge is 0.391 e. The summed E-state index contributed by atoms with van der Waals surface area (Å²) in [5.74, 6) is 0. The van der Waals surface area contributed by atoms with Gasteiger partial charge in [-0.1, -0.05) is 11.3 Å². The SMILES string of the molecule is CN(Cc1ccsc1)c1ncc(CO)s1. The van der Waals surface area contributed by atoms with Crippen LogP contribution in [0.15, 0.2) is 23.0 Å². The summed E-state index contributed by atoms with van der Waals surface area (Å²) >= 11 is 3.23. The fourth-order valence-electron chi connectivity index (χ4n) is 1.27. The fourth-order valence-corrected chi connectivity index (χ4v) is 2.66. The normalized spacial score (nSPS) is 10.5. The number of rotatable bonds is 4. The predicted molar refractivity (Wildman–Crippen MR) is 64.5 cm³/mol. The maximum absolute atomic E-state index is 8.94. The Morgan fingerprint density at radius 1 is 1.53 bits per heavy atom. The summed E-state index contributed by atoms with van der Waals surface area (Å²) < 4.78 is 0. The van der Waals surface area contributed by atoms with E-state index in [1.54, 1.807) is 17.5 Å². The lowest BCUT2D eigenvalue weighted by Gasteiger charge is -2.14. The molecule has 2 aromatic rings. The van der Waals surface area contributed by atoms with Gasteiger partial charge in [-0.15, -0.1) is 0 Å². The van der Waals surface area contributed by atoms with E-state index < -0.39 is 0 Å². The lowest BCUT2D eigenvalue weighted by Crippen LogP contribution is -2.15. The van der Waals surface area contributed by atoms with E-state index in [-0.39, 0.29) is 6.61 Å². The molecule has 0 aliphatic rings. The van der Waals surface area contributed by atoms with E-state index in [9.17, 15) is 0 Å². The predicted octanol–water partition coefficient (Wildman–Crippen LogP) is 2.33. The van der Waals surface area contributed by atoms with Crippen LogP contribution < -0.4 is 4.90 Å². The van der Waals surface area contributed by atoms with Crippen LogP contribution in [0, 0.1) is 0 Å². The van der Waals surface area contributed by atoms with Gasteiger partial charge in [-0.05, 0) is 22.4 Å². The first-order valence-electron chi connectivity index (χ1n) is 4.57. The molecule has 0 aromatic carbocycles. The van der Waals surface area contributed by atoms with Crippen molar-refractivity contribution in [3.8, 4) is 0 Å². The highest BCUT2D eigenvalue weighted by molar-refractivity contribution is 7.15. The van der Waals surface area contributed by atoms with Crippen molar-refractivity contribution in [2.75, 3.05) is 11.9 Å². The Hall–Kier alpha value is -0.910. The van der Waals surface area contributed by atoms with Gasteiger partial charge in [0.1, 0.15) is 0 Å². The maximum Gasteiger partial charge on any atom is 0.185 e. The summed E-state index contributed by atoms with van der Waals surface area (Å²) in [5.41, 5.74) is 1.29. The van der Waals surface area contributed by atoms with Crippen molar-refractivity contribution in [2.45, 2.75) is 13.2 Å². The molecule has 80 valence electrons. The Balaban J connectivity index is 2.04. The molecule has 0 atom stereocenters. The molecule has 0 fully saturated rings. The molecule has 5 heteroatoms. The van der Waals surface area contributed by atoms with Crippen molar-refractivity contribution in [2.24, 2.45) is 0 Å². The van der Waals surface area contributed by atoms with E-state index in [1.165, 1.54) is 16.9 Å². The molecular weight excluding hydrogens is 228 g/mol. The van der Waals surface area contributed by atoms with Crippen molar-refractivity contribution in [1.29, 1.82) is 0 Å². The van der Waals surface area contributed by atoms with Crippen molar-refractivity contribution in [1.82, 2.24) is 4.98 Å². The minimum absolute atomic E-state index is 0.0734. The average Bonchev–Trinajstić information content (AvgIpc) is 2.86. The molecule has 2 heterocycles. The summed E-state index contributed by atoms with van der Waals surface area (Å²) in [6.07, 6.45) is 1.73. The van der Waals surface area contributed by atoms with Gasteiger partial charge in [-0.2, -0.15) is 11.3 Å². The first-order valence-corrected chi connectivity index (χ1v) is 6.33. The Morgan fingerprint density at radius 2 is 2.40 bits per heavy atom. The second kappa shape index (κ2) is 4.74. The molecule has 0 aliphatic carbocycles. The van der Waals surface area contributed by atoms with Crippen LogP contribution in [0.25, 0.3) is 0 Å². The van der Waals surface area contributed by atoms with Crippen LogP contribution >= 0.6 is 22.7 Å². The Labute approximate surface area is 96.6 Å². The highest BCUT2D eigenvalue weighted by Gasteiger charge is 2.07. The minimum Gasteiger partial charge on any atom is -0.391 e. The topological polar surface area (TPSA) is 36.4 Å². The number of nitrogens with zero attached hydrogens (tertiary/aromatic N) is 2. The number of thiazole rings is 1. The van der Waals surface area contributed by atoms with Gasteiger partial charge >= 0.3 is 0 Å². The molecule has 0 unspecified atom stereocenters. The fraction of sp³-hybridized carbons (Fsp3) is 0.300. The molecule has 15 heavy (non-hydrogen) atoms. The van der Waals surface area contributed by atoms with Crippen molar-refractivity contribution in [3.63, 3.8) is 0 Å². The monoisotopic (exact) mass is 240 g/mol. The second-order valence-electron chi connectivity index (χ2n) is 3.25. The van der Waals surface area contributed by atoms with Gasteiger partial charge in [0.25, 0.3) is 0 Å². The van der Waals surface area contributed by atoms with Crippen molar-refractivity contribution in [3.05, 3.63) is 33.5 Å². The number of aliphatic hydroxyl groups excluding tert-OH is 1. The number of aromatic nitrogens is 1. The number of anilines is 1. The molecular formula is C10H12N2OS2. The molecule has 0 bridgehead atoms. The standard InChI is InChI=1S/C10H12N2OS2/c1-12(5-8-2-3-14-7-8)10-11-4-9(6-13)15-10/h2-4,7,13H,5-6H2,1H3. The van der Waals surface area contributed by atoms with Gasteiger partial charge in [0, 0.05) is 19.8 Å². The molecule has 2 aromatic heterocycles. The Morgan fingerprint density at radius 3 is 3.00 bits per heavy atom. The highest BCUT2D eigenvalue weighted by atomic mass is 32.1.